The molecule has 7 heteroatoms. The van der Waals surface area contributed by atoms with Gasteiger partial charge in [-0.15, -0.1) is 11.3 Å². The fourth-order valence-electron chi connectivity index (χ4n) is 1.56. The van der Waals surface area contributed by atoms with Crippen LogP contribution in [0.15, 0.2) is 15.7 Å². The average Bonchev–Trinajstić information content (AvgIpc) is 2.66. The summed E-state index contributed by atoms with van der Waals surface area (Å²) in [5.41, 5.74) is 5.99. The van der Waals surface area contributed by atoms with Crippen LogP contribution in [0.5, 0.6) is 0 Å². The molecule has 0 radical (unpaired) electrons. The smallest absolute Gasteiger partial charge is 0.250 e. The van der Waals surface area contributed by atoms with E-state index in [4.69, 9.17) is 10.5 Å². The second-order valence-electron chi connectivity index (χ2n) is 3.71. The zero-order valence-electron chi connectivity index (χ0n) is 8.68. The number of sulfonamides is 1. The molecule has 0 aromatic carbocycles. The SMILES string of the molecule is Nc1csc(S(=O)(=O)NC2CCOCC2)c1. The zero-order chi connectivity index (χ0) is 11.6. The van der Waals surface area contributed by atoms with Crippen LogP contribution in [0.1, 0.15) is 12.8 Å². The number of hydrogen-bond acceptors (Lipinski definition) is 5. The maximum Gasteiger partial charge on any atom is 0.250 e. The van der Waals surface area contributed by atoms with Crippen LogP contribution in [0.2, 0.25) is 0 Å². The van der Waals surface area contributed by atoms with Crippen LogP contribution in [0.3, 0.4) is 0 Å². The number of ether oxygens (including phenoxy) is 1. The molecule has 0 atom stereocenters. The average molecular weight is 262 g/mol. The van der Waals surface area contributed by atoms with Crippen LogP contribution in [-0.2, 0) is 14.8 Å². The lowest BCUT2D eigenvalue weighted by Crippen LogP contribution is -2.38. The normalized spacial score (nSPS) is 18.8. The molecule has 0 saturated carbocycles. The van der Waals surface area contributed by atoms with Crippen molar-refractivity contribution < 1.29 is 13.2 Å². The second-order valence-corrected chi connectivity index (χ2v) is 6.56. The Morgan fingerprint density at radius 2 is 2.12 bits per heavy atom. The fraction of sp³-hybridized carbons (Fsp3) is 0.556. The first-order valence-corrected chi connectivity index (χ1v) is 7.38. The van der Waals surface area contributed by atoms with Crippen molar-refractivity contribution in [1.29, 1.82) is 0 Å². The summed E-state index contributed by atoms with van der Waals surface area (Å²) in [5, 5.41) is 1.62. The third-order valence-corrected chi connectivity index (χ3v) is 5.38. The predicted octanol–water partition coefficient (Wildman–Crippen LogP) is 0.788. The standard InChI is InChI=1S/C9H14N2O3S2/c10-7-5-9(15-6-7)16(12,13)11-8-1-3-14-4-2-8/h5-6,8,11H,1-4,10H2. The van der Waals surface area contributed by atoms with Crippen molar-refractivity contribution in [1.82, 2.24) is 4.72 Å². The Morgan fingerprint density at radius 1 is 1.44 bits per heavy atom. The first-order chi connectivity index (χ1) is 7.58. The number of nitrogen functional groups attached to an aromatic ring is 1. The van der Waals surface area contributed by atoms with Crippen LogP contribution in [-0.4, -0.2) is 27.7 Å². The molecule has 0 aliphatic carbocycles. The number of nitrogens with two attached hydrogens (primary N) is 1. The van der Waals surface area contributed by atoms with Gasteiger partial charge in [0.1, 0.15) is 4.21 Å². The van der Waals surface area contributed by atoms with Gasteiger partial charge < -0.3 is 10.5 Å². The van der Waals surface area contributed by atoms with Gasteiger partial charge in [0.15, 0.2) is 0 Å². The summed E-state index contributed by atoms with van der Waals surface area (Å²) in [6.45, 7) is 1.22. The van der Waals surface area contributed by atoms with E-state index in [-0.39, 0.29) is 10.3 Å². The van der Waals surface area contributed by atoms with Crippen molar-refractivity contribution in [2.45, 2.75) is 23.1 Å². The van der Waals surface area contributed by atoms with Crippen LogP contribution in [0, 0.1) is 0 Å². The molecule has 1 fully saturated rings. The van der Waals surface area contributed by atoms with E-state index >= 15 is 0 Å². The van der Waals surface area contributed by atoms with E-state index in [0.717, 1.165) is 24.2 Å². The lowest BCUT2D eigenvalue weighted by atomic mass is 10.1. The van der Waals surface area contributed by atoms with Gasteiger partial charge >= 0.3 is 0 Å². The van der Waals surface area contributed by atoms with Crippen molar-refractivity contribution in [3.8, 4) is 0 Å². The summed E-state index contributed by atoms with van der Waals surface area (Å²) >= 11 is 1.14. The number of rotatable bonds is 3. The molecule has 3 N–H and O–H groups in total. The third-order valence-electron chi connectivity index (χ3n) is 2.40. The van der Waals surface area contributed by atoms with Crippen molar-refractivity contribution >= 4 is 27.0 Å². The second kappa shape index (κ2) is 4.70. The summed E-state index contributed by atoms with van der Waals surface area (Å²) in [4.78, 5) is 0. The molecule has 16 heavy (non-hydrogen) atoms. The molecule has 0 spiro atoms. The number of thiophene rings is 1. The Hall–Kier alpha value is -0.630. The molecule has 1 aliphatic heterocycles. The number of nitrogens with one attached hydrogen (secondary N) is 1. The first-order valence-electron chi connectivity index (χ1n) is 5.02. The minimum atomic E-state index is -3.41. The minimum absolute atomic E-state index is 0.0259. The molecule has 90 valence electrons. The molecule has 1 aliphatic rings. The highest BCUT2D eigenvalue weighted by Gasteiger charge is 2.23. The highest BCUT2D eigenvalue weighted by molar-refractivity contribution is 7.91. The van der Waals surface area contributed by atoms with Crippen molar-refractivity contribution in [3.63, 3.8) is 0 Å². The molecule has 0 unspecified atom stereocenters. The molecule has 0 amide bonds. The lowest BCUT2D eigenvalue weighted by molar-refractivity contribution is 0.0832. The highest BCUT2D eigenvalue weighted by Crippen LogP contribution is 2.22. The molecule has 1 aromatic heterocycles. The van der Waals surface area contributed by atoms with Gasteiger partial charge in [0.05, 0.1) is 0 Å². The molecule has 2 heterocycles. The molecule has 0 bridgehead atoms. The highest BCUT2D eigenvalue weighted by atomic mass is 32.2. The molecule has 2 rings (SSSR count). The molecule has 1 aromatic rings. The van der Waals surface area contributed by atoms with E-state index in [1.54, 1.807) is 5.38 Å². The van der Waals surface area contributed by atoms with Crippen LogP contribution in [0.25, 0.3) is 0 Å². The van der Waals surface area contributed by atoms with Crippen LogP contribution in [0.4, 0.5) is 5.69 Å². The maximum atomic E-state index is 11.9. The summed E-state index contributed by atoms with van der Waals surface area (Å²) in [5.74, 6) is 0. The molecular formula is C9H14N2O3S2. The maximum absolute atomic E-state index is 11.9. The topological polar surface area (TPSA) is 81.4 Å². The Bertz CT molecular complexity index is 449. The Kier molecular flexibility index (Phi) is 3.48. The fourth-order valence-corrected chi connectivity index (χ4v) is 3.97. The van der Waals surface area contributed by atoms with Crippen molar-refractivity contribution in [3.05, 3.63) is 11.4 Å². The summed E-state index contributed by atoms with van der Waals surface area (Å²) in [6.07, 6.45) is 1.44. The molecule has 1 saturated heterocycles. The third kappa shape index (κ3) is 2.73. The van der Waals surface area contributed by atoms with Crippen LogP contribution < -0.4 is 10.5 Å². The van der Waals surface area contributed by atoms with Gasteiger partial charge in [-0.05, 0) is 18.9 Å². The van der Waals surface area contributed by atoms with Gasteiger partial charge in [-0.1, -0.05) is 0 Å². The largest absolute Gasteiger partial charge is 0.398 e. The summed E-state index contributed by atoms with van der Waals surface area (Å²) < 4.78 is 32.0. The van der Waals surface area contributed by atoms with Gasteiger partial charge in [0.2, 0.25) is 10.0 Å². The van der Waals surface area contributed by atoms with Crippen molar-refractivity contribution in [2.75, 3.05) is 18.9 Å². The van der Waals surface area contributed by atoms with E-state index < -0.39 is 10.0 Å². The van der Waals surface area contributed by atoms with Gasteiger partial charge in [-0.3, -0.25) is 0 Å². The van der Waals surface area contributed by atoms with Gasteiger partial charge in [0, 0.05) is 30.3 Å². The van der Waals surface area contributed by atoms with Gasteiger partial charge in [0.25, 0.3) is 0 Å². The predicted molar refractivity (Wildman–Crippen MR) is 62.9 cm³/mol. The monoisotopic (exact) mass is 262 g/mol. The molecular weight excluding hydrogens is 248 g/mol. The summed E-state index contributed by atoms with van der Waals surface area (Å²) in [6, 6.07) is 1.45. The van der Waals surface area contributed by atoms with E-state index in [2.05, 4.69) is 4.72 Å². The Labute approximate surface area is 98.7 Å². The van der Waals surface area contributed by atoms with Gasteiger partial charge in [-0.2, -0.15) is 0 Å². The van der Waals surface area contributed by atoms with E-state index in [0.29, 0.717) is 18.9 Å². The quantitative estimate of drug-likeness (QED) is 0.843. The van der Waals surface area contributed by atoms with E-state index in [9.17, 15) is 8.42 Å². The van der Waals surface area contributed by atoms with Crippen molar-refractivity contribution in [2.24, 2.45) is 0 Å². The number of hydrogen-bond donors (Lipinski definition) is 2. The Balaban J connectivity index is 2.07. The van der Waals surface area contributed by atoms with Crippen LogP contribution >= 0.6 is 11.3 Å². The Morgan fingerprint density at radius 3 is 2.69 bits per heavy atom. The lowest BCUT2D eigenvalue weighted by Gasteiger charge is -2.22. The van der Waals surface area contributed by atoms with Gasteiger partial charge in [-0.25, -0.2) is 13.1 Å². The summed E-state index contributed by atoms with van der Waals surface area (Å²) in [7, 11) is -3.41. The van der Waals surface area contributed by atoms with E-state index in [1.165, 1.54) is 6.07 Å². The number of anilines is 1. The molecule has 5 nitrogen and oxygen atoms in total. The van der Waals surface area contributed by atoms with E-state index in [1.807, 2.05) is 0 Å². The first kappa shape index (κ1) is 11.8. The minimum Gasteiger partial charge on any atom is -0.398 e. The zero-order valence-corrected chi connectivity index (χ0v) is 10.3.